The maximum Gasteiger partial charge on any atom is 0.146 e. The fourth-order valence-electron chi connectivity index (χ4n) is 2.45. The summed E-state index contributed by atoms with van der Waals surface area (Å²) in [5, 5.41) is 0. The average molecular weight is 287 g/mol. The van der Waals surface area contributed by atoms with Gasteiger partial charge in [0.15, 0.2) is 0 Å². The number of imidazole rings is 1. The van der Waals surface area contributed by atoms with E-state index in [1.54, 1.807) is 18.5 Å². The topological polar surface area (TPSA) is 43.8 Å². The van der Waals surface area contributed by atoms with E-state index in [-0.39, 0.29) is 11.4 Å². The van der Waals surface area contributed by atoms with Crippen molar-refractivity contribution in [3.05, 3.63) is 53.1 Å². The van der Waals surface area contributed by atoms with Crippen LogP contribution >= 0.6 is 0 Å². The standard InChI is InChI=1S/C16H15F2N3/c1-9-3-5-11(17)14(15(9)18)16-20-12-6-4-10(8-19)7-13(12)21(16)2/h3-7H,8,19H2,1-2H3. The molecule has 5 heteroatoms. The molecule has 3 nitrogen and oxygen atoms in total. The zero-order valence-corrected chi connectivity index (χ0v) is 11.8. The van der Waals surface area contributed by atoms with E-state index in [1.165, 1.54) is 12.1 Å². The minimum Gasteiger partial charge on any atom is -0.327 e. The van der Waals surface area contributed by atoms with Crippen molar-refractivity contribution in [2.24, 2.45) is 12.8 Å². The molecule has 2 aromatic carbocycles. The molecule has 0 atom stereocenters. The number of aryl methyl sites for hydroxylation is 2. The Hall–Kier alpha value is -2.27. The summed E-state index contributed by atoms with van der Waals surface area (Å²) in [4.78, 5) is 4.36. The van der Waals surface area contributed by atoms with Crippen molar-refractivity contribution in [1.29, 1.82) is 0 Å². The molecule has 0 amide bonds. The molecule has 3 aromatic rings. The van der Waals surface area contributed by atoms with Crippen molar-refractivity contribution in [2.75, 3.05) is 0 Å². The molecular weight excluding hydrogens is 272 g/mol. The molecule has 0 saturated carbocycles. The second-order valence-electron chi connectivity index (χ2n) is 5.07. The van der Waals surface area contributed by atoms with E-state index in [0.29, 0.717) is 17.6 Å². The van der Waals surface area contributed by atoms with Crippen LogP contribution in [0.1, 0.15) is 11.1 Å². The van der Waals surface area contributed by atoms with Gasteiger partial charge in [-0.2, -0.15) is 0 Å². The minimum atomic E-state index is -0.615. The number of hydrogen-bond donors (Lipinski definition) is 1. The summed E-state index contributed by atoms with van der Waals surface area (Å²) in [7, 11) is 1.74. The van der Waals surface area contributed by atoms with Gasteiger partial charge in [-0.05, 0) is 36.2 Å². The first-order valence-corrected chi connectivity index (χ1v) is 6.63. The largest absolute Gasteiger partial charge is 0.327 e. The first-order valence-electron chi connectivity index (χ1n) is 6.63. The molecule has 0 fully saturated rings. The van der Waals surface area contributed by atoms with Crippen LogP contribution in [-0.4, -0.2) is 9.55 Å². The molecule has 3 rings (SSSR count). The van der Waals surface area contributed by atoms with Gasteiger partial charge in [0, 0.05) is 13.6 Å². The van der Waals surface area contributed by atoms with Gasteiger partial charge in [-0.3, -0.25) is 0 Å². The summed E-state index contributed by atoms with van der Waals surface area (Å²) >= 11 is 0. The zero-order chi connectivity index (χ0) is 15.1. The van der Waals surface area contributed by atoms with Crippen LogP contribution in [0.5, 0.6) is 0 Å². The van der Waals surface area contributed by atoms with Gasteiger partial charge >= 0.3 is 0 Å². The van der Waals surface area contributed by atoms with Gasteiger partial charge in [-0.1, -0.05) is 12.1 Å². The Kier molecular flexibility index (Phi) is 3.22. The highest BCUT2D eigenvalue weighted by atomic mass is 19.1. The van der Waals surface area contributed by atoms with Crippen LogP contribution in [0, 0.1) is 18.6 Å². The molecule has 0 aliphatic heterocycles. The predicted octanol–water partition coefficient (Wildman–Crippen LogP) is 3.29. The van der Waals surface area contributed by atoms with Crippen LogP contribution < -0.4 is 5.73 Å². The molecule has 1 aromatic heterocycles. The highest BCUT2D eigenvalue weighted by Gasteiger charge is 2.19. The van der Waals surface area contributed by atoms with Gasteiger partial charge in [0.1, 0.15) is 17.5 Å². The number of halogens is 2. The first-order chi connectivity index (χ1) is 10.0. The van der Waals surface area contributed by atoms with Crippen molar-refractivity contribution in [3.63, 3.8) is 0 Å². The minimum absolute atomic E-state index is 0.0944. The van der Waals surface area contributed by atoms with Crippen LogP contribution in [0.15, 0.2) is 30.3 Å². The number of aromatic nitrogens is 2. The molecule has 0 spiro atoms. The van der Waals surface area contributed by atoms with Crippen molar-refractivity contribution in [3.8, 4) is 11.4 Å². The molecule has 0 radical (unpaired) electrons. The fraction of sp³-hybridized carbons (Fsp3) is 0.188. The van der Waals surface area contributed by atoms with Crippen molar-refractivity contribution >= 4 is 11.0 Å². The van der Waals surface area contributed by atoms with E-state index in [9.17, 15) is 8.78 Å². The van der Waals surface area contributed by atoms with Crippen molar-refractivity contribution < 1.29 is 8.78 Å². The SMILES string of the molecule is Cc1ccc(F)c(-c2nc3ccc(CN)cc3n2C)c1F. The number of nitrogens with zero attached hydrogens (tertiary/aromatic N) is 2. The van der Waals surface area contributed by atoms with Crippen LogP contribution in [0.3, 0.4) is 0 Å². The summed E-state index contributed by atoms with van der Waals surface area (Å²) in [5.41, 5.74) is 8.35. The summed E-state index contributed by atoms with van der Waals surface area (Å²) in [5.74, 6) is -0.916. The van der Waals surface area contributed by atoms with Crippen molar-refractivity contribution in [2.45, 2.75) is 13.5 Å². The predicted molar refractivity (Wildman–Crippen MR) is 78.7 cm³/mol. The molecular formula is C16H15F2N3. The molecule has 2 N–H and O–H groups in total. The maximum absolute atomic E-state index is 14.3. The summed E-state index contributed by atoms with van der Waals surface area (Å²) in [6.07, 6.45) is 0. The number of nitrogens with two attached hydrogens (primary N) is 1. The van der Waals surface area contributed by atoms with Gasteiger partial charge < -0.3 is 10.3 Å². The molecule has 21 heavy (non-hydrogen) atoms. The van der Waals surface area contributed by atoms with Crippen molar-refractivity contribution in [1.82, 2.24) is 9.55 Å². The van der Waals surface area contributed by atoms with Gasteiger partial charge in [0.25, 0.3) is 0 Å². The number of rotatable bonds is 2. The lowest BCUT2D eigenvalue weighted by Gasteiger charge is -2.07. The highest BCUT2D eigenvalue weighted by molar-refractivity contribution is 5.81. The third-order valence-corrected chi connectivity index (χ3v) is 3.69. The molecule has 0 aliphatic rings. The molecule has 1 heterocycles. The normalized spacial score (nSPS) is 11.3. The smallest absolute Gasteiger partial charge is 0.146 e. The summed E-state index contributed by atoms with van der Waals surface area (Å²) in [6.45, 7) is 2.01. The van der Waals surface area contributed by atoms with Gasteiger partial charge in [-0.15, -0.1) is 0 Å². The Balaban J connectivity index is 2.31. The molecule has 0 bridgehead atoms. The Morgan fingerprint density at radius 2 is 1.95 bits per heavy atom. The Labute approximate surface area is 121 Å². The monoisotopic (exact) mass is 287 g/mol. The van der Waals surface area contributed by atoms with Crippen LogP contribution in [-0.2, 0) is 13.6 Å². The van der Waals surface area contributed by atoms with E-state index in [2.05, 4.69) is 4.98 Å². The second-order valence-corrected chi connectivity index (χ2v) is 5.07. The van der Waals surface area contributed by atoms with E-state index < -0.39 is 11.6 Å². The molecule has 108 valence electrons. The van der Waals surface area contributed by atoms with Gasteiger partial charge in [0.2, 0.25) is 0 Å². The van der Waals surface area contributed by atoms with Gasteiger partial charge in [-0.25, -0.2) is 13.8 Å². The molecule has 0 saturated heterocycles. The quantitative estimate of drug-likeness (QED) is 0.786. The lowest BCUT2D eigenvalue weighted by atomic mass is 10.1. The summed E-state index contributed by atoms with van der Waals surface area (Å²) in [6, 6.07) is 8.24. The maximum atomic E-state index is 14.3. The van der Waals surface area contributed by atoms with Crippen LogP contribution in [0.4, 0.5) is 8.78 Å². The number of fused-ring (bicyclic) bond motifs is 1. The molecule has 0 unspecified atom stereocenters. The second kappa shape index (κ2) is 4.93. The van der Waals surface area contributed by atoms with E-state index in [0.717, 1.165) is 11.1 Å². The first kappa shape index (κ1) is 13.7. The lowest BCUT2D eigenvalue weighted by Crippen LogP contribution is -2.00. The fourth-order valence-corrected chi connectivity index (χ4v) is 2.45. The number of hydrogen-bond acceptors (Lipinski definition) is 2. The average Bonchev–Trinajstić information content (AvgIpc) is 2.80. The molecule has 0 aliphatic carbocycles. The Bertz CT molecular complexity index is 837. The number of benzene rings is 2. The van der Waals surface area contributed by atoms with E-state index in [4.69, 9.17) is 5.73 Å². The van der Waals surface area contributed by atoms with E-state index >= 15 is 0 Å². The highest BCUT2D eigenvalue weighted by Crippen LogP contribution is 2.30. The Morgan fingerprint density at radius 3 is 2.67 bits per heavy atom. The Morgan fingerprint density at radius 1 is 1.19 bits per heavy atom. The summed E-state index contributed by atoms with van der Waals surface area (Å²) < 4.78 is 30.0. The van der Waals surface area contributed by atoms with E-state index in [1.807, 2.05) is 18.2 Å². The third-order valence-electron chi connectivity index (χ3n) is 3.69. The van der Waals surface area contributed by atoms with Crippen LogP contribution in [0.25, 0.3) is 22.4 Å². The third kappa shape index (κ3) is 2.10. The zero-order valence-electron chi connectivity index (χ0n) is 11.8. The van der Waals surface area contributed by atoms with Gasteiger partial charge in [0.05, 0.1) is 16.6 Å². The van der Waals surface area contributed by atoms with Crippen LogP contribution in [0.2, 0.25) is 0 Å². The lowest BCUT2D eigenvalue weighted by molar-refractivity contribution is 0.580.